The molecule has 1 amide bonds. The molecule has 4 nitrogen and oxygen atoms in total. The number of hydrogen-bond donors (Lipinski definition) is 2. The average Bonchev–Trinajstić information content (AvgIpc) is 2.35. The Morgan fingerprint density at radius 2 is 2.50 bits per heavy atom. The van der Waals surface area contributed by atoms with Crippen molar-refractivity contribution in [2.75, 3.05) is 6.54 Å². The third-order valence-electron chi connectivity index (χ3n) is 1.53. The van der Waals surface area contributed by atoms with E-state index in [0.29, 0.717) is 6.54 Å². The van der Waals surface area contributed by atoms with E-state index in [4.69, 9.17) is 0 Å². The summed E-state index contributed by atoms with van der Waals surface area (Å²) in [5, 5.41) is 9.57. The smallest absolute Gasteiger partial charge is 0.216 e. The second-order valence-electron chi connectivity index (χ2n) is 2.77. The van der Waals surface area contributed by atoms with Crippen molar-refractivity contribution in [2.45, 2.75) is 20.3 Å². The molecule has 0 atom stereocenters. The van der Waals surface area contributed by atoms with Crippen LogP contribution in [0.15, 0.2) is 6.07 Å². The molecule has 2 N–H and O–H groups in total. The standard InChI is InChI=1S/C8H13N3O/c1-6-5-8(11-10-6)3-4-9-7(2)12/h5H,3-4H2,1-2H3,(H,9,12)(H,10,11). The zero-order valence-corrected chi connectivity index (χ0v) is 7.35. The molecule has 4 heteroatoms. The van der Waals surface area contributed by atoms with E-state index in [0.717, 1.165) is 17.8 Å². The number of carbonyl (C=O) groups excluding carboxylic acids is 1. The first-order valence-electron chi connectivity index (χ1n) is 3.94. The van der Waals surface area contributed by atoms with Crippen LogP contribution in [0.3, 0.4) is 0 Å². The van der Waals surface area contributed by atoms with Gasteiger partial charge in [0.1, 0.15) is 0 Å². The van der Waals surface area contributed by atoms with Gasteiger partial charge in [0.25, 0.3) is 0 Å². The first kappa shape index (κ1) is 8.77. The maximum Gasteiger partial charge on any atom is 0.216 e. The molecule has 0 radical (unpaired) electrons. The number of amides is 1. The number of carbonyl (C=O) groups is 1. The van der Waals surface area contributed by atoms with Crippen LogP contribution in [0, 0.1) is 6.92 Å². The number of aromatic amines is 1. The number of H-pyrrole nitrogens is 1. The number of rotatable bonds is 3. The third kappa shape index (κ3) is 2.74. The molecule has 0 fully saturated rings. The topological polar surface area (TPSA) is 57.8 Å². The fourth-order valence-electron chi connectivity index (χ4n) is 0.978. The Bertz CT molecular complexity index is 267. The van der Waals surface area contributed by atoms with Crippen LogP contribution in [0.4, 0.5) is 0 Å². The van der Waals surface area contributed by atoms with Gasteiger partial charge in [-0.3, -0.25) is 9.89 Å². The Kier molecular flexibility index (Phi) is 2.85. The highest BCUT2D eigenvalue weighted by molar-refractivity contribution is 5.72. The lowest BCUT2D eigenvalue weighted by Crippen LogP contribution is -2.22. The highest BCUT2D eigenvalue weighted by Crippen LogP contribution is 1.97. The van der Waals surface area contributed by atoms with Crippen molar-refractivity contribution in [3.63, 3.8) is 0 Å². The van der Waals surface area contributed by atoms with E-state index in [-0.39, 0.29) is 5.91 Å². The molecule has 0 saturated heterocycles. The maximum absolute atomic E-state index is 10.5. The van der Waals surface area contributed by atoms with Gasteiger partial charge in [-0.05, 0) is 13.0 Å². The van der Waals surface area contributed by atoms with Gasteiger partial charge < -0.3 is 5.32 Å². The fraction of sp³-hybridized carbons (Fsp3) is 0.500. The minimum atomic E-state index is 0.00578. The van der Waals surface area contributed by atoms with E-state index >= 15 is 0 Å². The van der Waals surface area contributed by atoms with Crippen molar-refractivity contribution in [3.8, 4) is 0 Å². The molecule has 1 heterocycles. The SMILES string of the molecule is CC(=O)NCCc1cc(C)n[nH]1. The van der Waals surface area contributed by atoms with Gasteiger partial charge in [-0.2, -0.15) is 5.10 Å². The Morgan fingerprint density at radius 3 is 3.00 bits per heavy atom. The quantitative estimate of drug-likeness (QED) is 0.684. The van der Waals surface area contributed by atoms with E-state index < -0.39 is 0 Å². The summed E-state index contributed by atoms with van der Waals surface area (Å²) in [7, 11) is 0. The number of nitrogens with zero attached hydrogens (tertiary/aromatic N) is 1. The van der Waals surface area contributed by atoms with Crippen LogP contribution in [-0.2, 0) is 11.2 Å². The predicted molar refractivity (Wildman–Crippen MR) is 45.7 cm³/mol. The van der Waals surface area contributed by atoms with Crippen molar-refractivity contribution in [1.82, 2.24) is 15.5 Å². The second kappa shape index (κ2) is 3.90. The van der Waals surface area contributed by atoms with Crippen molar-refractivity contribution in [2.24, 2.45) is 0 Å². The number of hydrogen-bond acceptors (Lipinski definition) is 2. The van der Waals surface area contributed by atoms with E-state index in [1.165, 1.54) is 6.92 Å². The Morgan fingerprint density at radius 1 is 1.75 bits per heavy atom. The van der Waals surface area contributed by atoms with Gasteiger partial charge in [-0.15, -0.1) is 0 Å². The van der Waals surface area contributed by atoms with Crippen molar-refractivity contribution in [3.05, 3.63) is 17.5 Å². The summed E-state index contributed by atoms with van der Waals surface area (Å²) in [6, 6.07) is 1.97. The second-order valence-corrected chi connectivity index (χ2v) is 2.77. The molecule has 66 valence electrons. The summed E-state index contributed by atoms with van der Waals surface area (Å²) in [6.45, 7) is 4.10. The first-order valence-corrected chi connectivity index (χ1v) is 3.94. The lowest BCUT2D eigenvalue weighted by molar-refractivity contribution is -0.118. The van der Waals surface area contributed by atoms with Crippen LogP contribution in [0.5, 0.6) is 0 Å². The molecule has 0 unspecified atom stereocenters. The van der Waals surface area contributed by atoms with E-state index in [9.17, 15) is 4.79 Å². The predicted octanol–water partition coefficient (Wildman–Crippen LogP) is 0.397. The highest BCUT2D eigenvalue weighted by Gasteiger charge is 1.96. The summed E-state index contributed by atoms with van der Waals surface area (Å²) in [5.41, 5.74) is 2.04. The molecule has 0 aliphatic carbocycles. The largest absolute Gasteiger partial charge is 0.356 e. The molecule has 0 bridgehead atoms. The van der Waals surface area contributed by atoms with Gasteiger partial charge in [0.2, 0.25) is 5.91 Å². The van der Waals surface area contributed by atoms with Gasteiger partial charge in [-0.1, -0.05) is 0 Å². The molecule has 0 aliphatic rings. The lowest BCUT2D eigenvalue weighted by Gasteiger charge is -1.98. The van der Waals surface area contributed by atoms with Crippen molar-refractivity contribution < 1.29 is 4.79 Å². The summed E-state index contributed by atoms with van der Waals surface area (Å²) in [6.07, 6.45) is 0.806. The Balaban J connectivity index is 2.29. The monoisotopic (exact) mass is 167 g/mol. The Hall–Kier alpha value is -1.32. The molecule has 1 rings (SSSR count). The molecule has 0 spiro atoms. The van der Waals surface area contributed by atoms with Crippen LogP contribution < -0.4 is 5.32 Å². The number of nitrogens with one attached hydrogen (secondary N) is 2. The minimum Gasteiger partial charge on any atom is -0.356 e. The summed E-state index contributed by atoms with van der Waals surface area (Å²) >= 11 is 0. The summed E-state index contributed by atoms with van der Waals surface area (Å²) in [4.78, 5) is 10.5. The van der Waals surface area contributed by atoms with E-state index in [1.807, 2.05) is 13.0 Å². The first-order chi connectivity index (χ1) is 5.68. The third-order valence-corrected chi connectivity index (χ3v) is 1.53. The zero-order chi connectivity index (χ0) is 8.97. The van der Waals surface area contributed by atoms with Crippen LogP contribution in [0.1, 0.15) is 18.3 Å². The highest BCUT2D eigenvalue weighted by atomic mass is 16.1. The van der Waals surface area contributed by atoms with Gasteiger partial charge >= 0.3 is 0 Å². The van der Waals surface area contributed by atoms with Crippen LogP contribution in [-0.4, -0.2) is 22.6 Å². The number of aromatic nitrogens is 2. The normalized spacial score (nSPS) is 9.83. The van der Waals surface area contributed by atoms with Gasteiger partial charge in [0, 0.05) is 25.6 Å². The molecular weight excluding hydrogens is 154 g/mol. The summed E-state index contributed by atoms with van der Waals surface area (Å²) < 4.78 is 0. The van der Waals surface area contributed by atoms with Gasteiger partial charge in [-0.25, -0.2) is 0 Å². The molecular formula is C8H13N3O. The summed E-state index contributed by atoms with van der Waals surface area (Å²) in [5.74, 6) is 0.00578. The molecule has 1 aromatic rings. The molecule has 0 saturated carbocycles. The molecule has 0 aliphatic heterocycles. The zero-order valence-electron chi connectivity index (χ0n) is 7.35. The maximum atomic E-state index is 10.5. The van der Waals surface area contributed by atoms with Gasteiger partial charge in [0.15, 0.2) is 0 Å². The van der Waals surface area contributed by atoms with E-state index in [2.05, 4.69) is 15.5 Å². The molecule has 12 heavy (non-hydrogen) atoms. The lowest BCUT2D eigenvalue weighted by atomic mass is 10.3. The molecule has 1 aromatic heterocycles. The average molecular weight is 167 g/mol. The van der Waals surface area contributed by atoms with Crippen LogP contribution in [0.25, 0.3) is 0 Å². The van der Waals surface area contributed by atoms with Crippen LogP contribution >= 0.6 is 0 Å². The fourth-order valence-corrected chi connectivity index (χ4v) is 0.978. The van der Waals surface area contributed by atoms with Gasteiger partial charge in [0.05, 0.1) is 5.69 Å². The number of aryl methyl sites for hydroxylation is 1. The van der Waals surface area contributed by atoms with Crippen LogP contribution in [0.2, 0.25) is 0 Å². The van der Waals surface area contributed by atoms with Crippen molar-refractivity contribution >= 4 is 5.91 Å². The minimum absolute atomic E-state index is 0.00578. The Labute approximate surface area is 71.4 Å². The van der Waals surface area contributed by atoms with E-state index in [1.54, 1.807) is 0 Å². The molecule has 0 aromatic carbocycles. The van der Waals surface area contributed by atoms with Crippen molar-refractivity contribution in [1.29, 1.82) is 0 Å².